The van der Waals surface area contributed by atoms with Crippen molar-refractivity contribution in [1.82, 2.24) is 14.9 Å². The van der Waals surface area contributed by atoms with Crippen LogP contribution in [0.5, 0.6) is 0 Å². The van der Waals surface area contributed by atoms with Gasteiger partial charge in [0.1, 0.15) is 0 Å². The van der Waals surface area contributed by atoms with E-state index in [9.17, 15) is 4.79 Å². The Balaban J connectivity index is 1.80. The Morgan fingerprint density at radius 1 is 1.15 bits per heavy atom. The summed E-state index contributed by atoms with van der Waals surface area (Å²) in [4.78, 5) is 23.9. The minimum atomic E-state index is -0.0483. The highest BCUT2D eigenvalue weighted by molar-refractivity contribution is 9.10. The molecule has 27 heavy (non-hydrogen) atoms. The van der Waals surface area contributed by atoms with Gasteiger partial charge in [0.25, 0.3) is 5.91 Å². The van der Waals surface area contributed by atoms with Gasteiger partial charge in [-0.15, -0.1) is 0 Å². The van der Waals surface area contributed by atoms with E-state index in [0.717, 1.165) is 26.9 Å². The van der Waals surface area contributed by atoms with Crippen molar-refractivity contribution in [2.75, 3.05) is 31.6 Å². The predicted molar refractivity (Wildman–Crippen MR) is 108 cm³/mol. The zero-order valence-corrected chi connectivity index (χ0v) is 16.5. The van der Waals surface area contributed by atoms with Gasteiger partial charge in [-0.25, -0.2) is 9.97 Å². The standard InChI is InChI=1S/C20H19BrN4O2/c1-13-2-7-16-18(24-15-5-3-14(21)4-6-15)17(12-22-19(16)23-13)20(26)25-8-10-27-11-9-25/h2-7,12H,8-11H2,1H3,(H,22,23,24). The van der Waals surface area contributed by atoms with Crippen LogP contribution >= 0.6 is 15.9 Å². The SMILES string of the molecule is Cc1ccc2c(Nc3ccc(Br)cc3)c(C(=O)N3CCOCC3)cnc2n1. The number of rotatable bonds is 3. The summed E-state index contributed by atoms with van der Waals surface area (Å²) < 4.78 is 6.36. The molecule has 1 saturated heterocycles. The highest BCUT2D eigenvalue weighted by Gasteiger charge is 2.23. The average Bonchev–Trinajstić information content (AvgIpc) is 2.70. The molecule has 3 aromatic rings. The number of nitrogens with zero attached hydrogens (tertiary/aromatic N) is 3. The molecular weight excluding hydrogens is 408 g/mol. The van der Waals surface area contributed by atoms with Crippen LogP contribution in [-0.4, -0.2) is 47.1 Å². The van der Waals surface area contributed by atoms with Crippen LogP contribution in [0.4, 0.5) is 11.4 Å². The number of pyridine rings is 2. The summed E-state index contributed by atoms with van der Waals surface area (Å²) in [5.74, 6) is -0.0483. The molecule has 3 heterocycles. The van der Waals surface area contributed by atoms with Gasteiger partial charge in [0.15, 0.2) is 5.65 Å². The second-order valence-corrected chi connectivity index (χ2v) is 7.32. The van der Waals surface area contributed by atoms with Crippen LogP contribution in [0.15, 0.2) is 47.1 Å². The van der Waals surface area contributed by atoms with Crippen LogP contribution in [0.1, 0.15) is 16.1 Å². The van der Waals surface area contributed by atoms with Gasteiger partial charge in [-0.1, -0.05) is 15.9 Å². The fourth-order valence-electron chi connectivity index (χ4n) is 3.08. The summed E-state index contributed by atoms with van der Waals surface area (Å²) >= 11 is 3.45. The topological polar surface area (TPSA) is 67.4 Å². The maximum Gasteiger partial charge on any atom is 0.257 e. The molecule has 0 radical (unpaired) electrons. The van der Waals surface area contributed by atoms with E-state index < -0.39 is 0 Å². The van der Waals surface area contributed by atoms with E-state index in [1.807, 2.05) is 43.3 Å². The molecule has 0 aliphatic carbocycles. The first kappa shape index (κ1) is 17.9. The van der Waals surface area contributed by atoms with Crippen molar-refractivity contribution in [3.63, 3.8) is 0 Å². The second-order valence-electron chi connectivity index (χ2n) is 6.41. The highest BCUT2D eigenvalue weighted by atomic mass is 79.9. The number of carbonyl (C=O) groups is 1. The lowest BCUT2D eigenvalue weighted by Gasteiger charge is -2.27. The molecule has 0 saturated carbocycles. The van der Waals surface area contributed by atoms with Gasteiger partial charge in [0.05, 0.1) is 24.5 Å². The molecule has 6 nitrogen and oxygen atoms in total. The Morgan fingerprint density at radius 3 is 2.63 bits per heavy atom. The summed E-state index contributed by atoms with van der Waals surface area (Å²) in [5.41, 5.74) is 3.66. The molecule has 1 amide bonds. The molecule has 0 spiro atoms. The number of hydrogen-bond donors (Lipinski definition) is 1. The smallest absolute Gasteiger partial charge is 0.257 e. The molecule has 1 fully saturated rings. The number of benzene rings is 1. The fraction of sp³-hybridized carbons (Fsp3) is 0.250. The third-order valence-electron chi connectivity index (χ3n) is 4.51. The molecule has 0 atom stereocenters. The third kappa shape index (κ3) is 3.79. The molecule has 1 aromatic carbocycles. The van der Waals surface area contributed by atoms with Crippen molar-refractivity contribution in [3.8, 4) is 0 Å². The maximum atomic E-state index is 13.1. The Labute approximate surface area is 165 Å². The first-order valence-electron chi connectivity index (χ1n) is 8.78. The van der Waals surface area contributed by atoms with E-state index in [4.69, 9.17) is 4.74 Å². The predicted octanol–water partition coefficient (Wildman–Crippen LogP) is 3.92. The van der Waals surface area contributed by atoms with Gasteiger partial charge in [-0.05, 0) is 43.3 Å². The van der Waals surface area contributed by atoms with Gasteiger partial charge in [-0.3, -0.25) is 4.79 Å². The van der Waals surface area contributed by atoms with Gasteiger partial charge in [-0.2, -0.15) is 0 Å². The number of hydrogen-bond acceptors (Lipinski definition) is 5. The van der Waals surface area contributed by atoms with Crippen molar-refractivity contribution in [3.05, 3.63) is 58.3 Å². The van der Waals surface area contributed by atoms with Crippen LogP contribution in [0.3, 0.4) is 0 Å². The lowest BCUT2D eigenvalue weighted by Crippen LogP contribution is -2.41. The van der Waals surface area contributed by atoms with Crippen LogP contribution in [-0.2, 0) is 4.74 Å². The summed E-state index contributed by atoms with van der Waals surface area (Å²) in [6.45, 7) is 4.21. The largest absolute Gasteiger partial charge is 0.378 e. The van der Waals surface area contributed by atoms with Crippen molar-refractivity contribution in [1.29, 1.82) is 0 Å². The van der Waals surface area contributed by atoms with Crippen LogP contribution in [0, 0.1) is 6.92 Å². The summed E-state index contributed by atoms with van der Waals surface area (Å²) in [6.07, 6.45) is 1.62. The van der Waals surface area contributed by atoms with Crippen molar-refractivity contribution in [2.45, 2.75) is 6.92 Å². The van der Waals surface area contributed by atoms with Gasteiger partial charge >= 0.3 is 0 Å². The Bertz CT molecular complexity index is 985. The number of amides is 1. The molecule has 1 aliphatic rings. The first-order valence-corrected chi connectivity index (χ1v) is 9.57. The van der Waals surface area contributed by atoms with E-state index in [1.54, 1.807) is 11.1 Å². The highest BCUT2D eigenvalue weighted by Crippen LogP contribution is 2.30. The molecule has 1 N–H and O–H groups in total. The number of halogens is 1. The number of nitrogens with one attached hydrogen (secondary N) is 1. The number of anilines is 2. The number of morpholine rings is 1. The van der Waals surface area contributed by atoms with Crippen LogP contribution in [0.25, 0.3) is 11.0 Å². The molecule has 2 aromatic heterocycles. The maximum absolute atomic E-state index is 13.1. The number of ether oxygens (including phenoxy) is 1. The molecule has 0 bridgehead atoms. The van der Waals surface area contributed by atoms with Crippen LogP contribution in [0.2, 0.25) is 0 Å². The molecule has 7 heteroatoms. The van der Waals surface area contributed by atoms with E-state index in [0.29, 0.717) is 37.5 Å². The van der Waals surface area contributed by atoms with E-state index in [-0.39, 0.29) is 5.91 Å². The second kappa shape index (κ2) is 7.62. The summed E-state index contributed by atoms with van der Waals surface area (Å²) in [7, 11) is 0. The van der Waals surface area contributed by atoms with Crippen molar-refractivity contribution >= 4 is 44.2 Å². The van der Waals surface area contributed by atoms with Crippen LogP contribution < -0.4 is 5.32 Å². The minimum absolute atomic E-state index is 0.0483. The zero-order valence-electron chi connectivity index (χ0n) is 14.9. The number of carbonyl (C=O) groups excluding carboxylic acids is 1. The fourth-order valence-corrected chi connectivity index (χ4v) is 3.35. The van der Waals surface area contributed by atoms with Gasteiger partial charge in [0, 0.05) is 40.5 Å². The van der Waals surface area contributed by atoms with Crippen molar-refractivity contribution in [2.24, 2.45) is 0 Å². The van der Waals surface area contributed by atoms with Crippen molar-refractivity contribution < 1.29 is 9.53 Å². The monoisotopic (exact) mass is 426 g/mol. The lowest BCUT2D eigenvalue weighted by molar-refractivity contribution is 0.0303. The Morgan fingerprint density at radius 2 is 1.89 bits per heavy atom. The molecule has 4 rings (SSSR count). The van der Waals surface area contributed by atoms with E-state index in [1.165, 1.54) is 0 Å². The number of aromatic nitrogens is 2. The number of aryl methyl sites for hydroxylation is 1. The summed E-state index contributed by atoms with van der Waals surface area (Å²) in [6, 6.07) is 11.7. The average molecular weight is 427 g/mol. The normalized spacial score (nSPS) is 14.4. The van der Waals surface area contributed by atoms with E-state index in [2.05, 4.69) is 31.2 Å². The zero-order chi connectivity index (χ0) is 18.8. The lowest BCUT2D eigenvalue weighted by atomic mass is 10.1. The van der Waals surface area contributed by atoms with E-state index >= 15 is 0 Å². The Kier molecular flexibility index (Phi) is 5.05. The summed E-state index contributed by atoms with van der Waals surface area (Å²) in [5, 5.41) is 4.22. The molecule has 1 aliphatic heterocycles. The molecular formula is C20H19BrN4O2. The van der Waals surface area contributed by atoms with Gasteiger partial charge in [0.2, 0.25) is 0 Å². The quantitative estimate of drug-likeness (QED) is 0.687. The number of fused-ring (bicyclic) bond motifs is 1. The first-order chi connectivity index (χ1) is 13.1. The Hall–Kier alpha value is -2.51. The minimum Gasteiger partial charge on any atom is -0.378 e. The van der Waals surface area contributed by atoms with Gasteiger partial charge < -0.3 is 15.0 Å². The third-order valence-corrected chi connectivity index (χ3v) is 5.04. The molecule has 0 unspecified atom stereocenters. The molecule has 138 valence electrons.